The number of nitrogens with zero attached hydrogens (tertiary/aromatic N) is 2. The maximum Gasteiger partial charge on any atom is 0.240 e. The third kappa shape index (κ3) is 4.45. The van der Waals surface area contributed by atoms with Crippen molar-refractivity contribution in [2.24, 2.45) is 0 Å². The molecule has 0 radical (unpaired) electrons. The summed E-state index contributed by atoms with van der Waals surface area (Å²) in [4.78, 5) is 17.2. The first-order chi connectivity index (χ1) is 12.9. The van der Waals surface area contributed by atoms with Crippen LogP contribution in [0.1, 0.15) is 35.9 Å². The normalized spacial score (nSPS) is 11.1. The molecule has 0 unspecified atom stereocenters. The molecular formula is C21H23Cl2N3O. The minimum absolute atomic E-state index is 0.00948. The van der Waals surface area contributed by atoms with Gasteiger partial charge in [0, 0.05) is 13.0 Å². The van der Waals surface area contributed by atoms with Crippen molar-refractivity contribution in [2.75, 3.05) is 6.54 Å². The van der Waals surface area contributed by atoms with E-state index in [-0.39, 0.29) is 12.5 Å². The zero-order valence-corrected chi connectivity index (χ0v) is 17.3. The third-order valence-corrected chi connectivity index (χ3v) is 5.40. The number of hydrogen-bond acceptors (Lipinski definition) is 2. The molecule has 0 saturated heterocycles. The highest BCUT2D eigenvalue weighted by molar-refractivity contribution is 6.42. The van der Waals surface area contributed by atoms with Gasteiger partial charge in [-0.25, -0.2) is 4.98 Å². The van der Waals surface area contributed by atoms with E-state index in [1.54, 1.807) is 6.07 Å². The molecule has 1 heterocycles. The van der Waals surface area contributed by atoms with E-state index < -0.39 is 0 Å². The molecule has 0 aliphatic rings. The van der Waals surface area contributed by atoms with Gasteiger partial charge in [0.1, 0.15) is 12.4 Å². The van der Waals surface area contributed by atoms with E-state index >= 15 is 0 Å². The zero-order chi connectivity index (χ0) is 19.6. The van der Waals surface area contributed by atoms with E-state index in [1.165, 1.54) is 11.1 Å². The van der Waals surface area contributed by atoms with Crippen molar-refractivity contribution < 1.29 is 4.79 Å². The number of imidazole rings is 1. The van der Waals surface area contributed by atoms with Crippen LogP contribution in [-0.4, -0.2) is 22.0 Å². The molecular weight excluding hydrogens is 381 g/mol. The minimum atomic E-state index is -0.00948. The highest BCUT2D eigenvalue weighted by Crippen LogP contribution is 2.26. The molecule has 0 aliphatic carbocycles. The Morgan fingerprint density at radius 1 is 1.11 bits per heavy atom. The molecule has 1 aromatic heterocycles. The molecule has 6 heteroatoms. The first-order valence-electron chi connectivity index (χ1n) is 9.06. The summed E-state index contributed by atoms with van der Waals surface area (Å²) >= 11 is 12.2. The van der Waals surface area contributed by atoms with Gasteiger partial charge in [0.15, 0.2) is 0 Å². The number of amides is 1. The second-order valence-electron chi connectivity index (χ2n) is 6.81. The Morgan fingerprint density at radius 3 is 2.56 bits per heavy atom. The molecule has 3 rings (SSSR count). The predicted octanol–water partition coefficient (Wildman–Crippen LogP) is 5.08. The van der Waals surface area contributed by atoms with Crippen molar-refractivity contribution in [1.82, 2.24) is 14.9 Å². The largest absolute Gasteiger partial charge is 0.355 e. The van der Waals surface area contributed by atoms with Crippen molar-refractivity contribution in [3.63, 3.8) is 0 Å². The van der Waals surface area contributed by atoms with E-state index in [4.69, 9.17) is 28.2 Å². The summed E-state index contributed by atoms with van der Waals surface area (Å²) in [6.45, 7) is 7.10. The predicted molar refractivity (Wildman–Crippen MR) is 112 cm³/mol. The number of fused-ring (bicyclic) bond motifs is 1. The van der Waals surface area contributed by atoms with Crippen LogP contribution in [0.4, 0.5) is 0 Å². The van der Waals surface area contributed by atoms with E-state index in [1.807, 2.05) is 23.6 Å². The van der Waals surface area contributed by atoms with Gasteiger partial charge in [0.05, 0.1) is 21.1 Å². The molecule has 27 heavy (non-hydrogen) atoms. The Morgan fingerprint density at radius 2 is 1.85 bits per heavy atom. The summed E-state index contributed by atoms with van der Waals surface area (Å²) in [5.41, 5.74) is 5.24. The van der Waals surface area contributed by atoms with Crippen molar-refractivity contribution >= 4 is 40.1 Å². The summed E-state index contributed by atoms with van der Waals surface area (Å²) in [6.07, 6.45) is 1.48. The van der Waals surface area contributed by atoms with Crippen LogP contribution in [0, 0.1) is 13.8 Å². The summed E-state index contributed by atoms with van der Waals surface area (Å²) in [5, 5.41) is 3.99. The van der Waals surface area contributed by atoms with Gasteiger partial charge in [-0.05, 0) is 61.2 Å². The van der Waals surface area contributed by atoms with Crippen LogP contribution in [0.3, 0.4) is 0 Å². The summed E-state index contributed by atoms with van der Waals surface area (Å²) in [7, 11) is 0. The third-order valence-electron chi connectivity index (χ3n) is 4.66. The summed E-state index contributed by atoms with van der Waals surface area (Å²) in [6, 6.07) is 9.74. The van der Waals surface area contributed by atoms with Gasteiger partial charge < -0.3 is 9.88 Å². The molecule has 0 atom stereocenters. The van der Waals surface area contributed by atoms with Crippen LogP contribution in [0.15, 0.2) is 30.3 Å². The highest BCUT2D eigenvalue weighted by atomic mass is 35.5. The lowest BCUT2D eigenvalue weighted by atomic mass is 10.1. The maximum atomic E-state index is 12.4. The fourth-order valence-corrected chi connectivity index (χ4v) is 3.36. The lowest BCUT2D eigenvalue weighted by Crippen LogP contribution is -2.28. The van der Waals surface area contributed by atoms with Crippen LogP contribution in [0.2, 0.25) is 10.0 Å². The Kier molecular flexibility index (Phi) is 6.08. The quantitative estimate of drug-likeness (QED) is 0.623. The van der Waals surface area contributed by atoms with Crippen LogP contribution in [0.25, 0.3) is 11.0 Å². The number of aromatic nitrogens is 2. The van der Waals surface area contributed by atoms with Gasteiger partial charge in [0.2, 0.25) is 5.91 Å². The molecule has 3 aromatic rings. The molecule has 0 saturated carbocycles. The maximum absolute atomic E-state index is 12.4. The van der Waals surface area contributed by atoms with Crippen LogP contribution in [-0.2, 0) is 17.8 Å². The van der Waals surface area contributed by atoms with Crippen LogP contribution in [0.5, 0.6) is 0 Å². The molecule has 1 N–H and O–H groups in total. The lowest BCUT2D eigenvalue weighted by Gasteiger charge is -2.11. The highest BCUT2D eigenvalue weighted by Gasteiger charge is 2.15. The van der Waals surface area contributed by atoms with Crippen LogP contribution >= 0.6 is 23.2 Å². The number of hydrogen-bond donors (Lipinski definition) is 1. The van der Waals surface area contributed by atoms with E-state index in [9.17, 15) is 4.79 Å². The van der Waals surface area contributed by atoms with Crippen molar-refractivity contribution in [3.05, 3.63) is 62.9 Å². The lowest BCUT2D eigenvalue weighted by molar-refractivity contribution is -0.121. The SMILES string of the molecule is CCCNC(=O)Cn1c(Cc2ccc(Cl)c(Cl)c2)nc2cc(C)c(C)cc21. The molecule has 1 amide bonds. The van der Waals surface area contributed by atoms with Gasteiger partial charge in [-0.1, -0.05) is 36.2 Å². The average Bonchev–Trinajstić information content (AvgIpc) is 2.93. The second kappa shape index (κ2) is 8.32. The molecule has 2 aromatic carbocycles. The number of benzene rings is 2. The zero-order valence-electron chi connectivity index (χ0n) is 15.8. The number of carbonyl (C=O) groups is 1. The monoisotopic (exact) mass is 403 g/mol. The number of halogens is 2. The summed E-state index contributed by atoms with van der Waals surface area (Å²) < 4.78 is 2.00. The second-order valence-corrected chi connectivity index (χ2v) is 7.63. The first-order valence-corrected chi connectivity index (χ1v) is 9.81. The van der Waals surface area contributed by atoms with Gasteiger partial charge in [-0.3, -0.25) is 4.79 Å². The van der Waals surface area contributed by atoms with Gasteiger partial charge >= 0.3 is 0 Å². The molecule has 0 bridgehead atoms. The first kappa shape index (κ1) is 19.7. The van der Waals surface area contributed by atoms with Crippen molar-refractivity contribution in [1.29, 1.82) is 0 Å². The average molecular weight is 404 g/mol. The van der Waals surface area contributed by atoms with Crippen molar-refractivity contribution in [3.8, 4) is 0 Å². The number of carbonyl (C=O) groups excluding carboxylic acids is 1. The van der Waals surface area contributed by atoms with E-state index in [2.05, 4.69) is 31.3 Å². The minimum Gasteiger partial charge on any atom is -0.355 e. The Hall–Kier alpha value is -2.04. The van der Waals surface area contributed by atoms with Gasteiger partial charge in [0.25, 0.3) is 0 Å². The topological polar surface area (TPSA) is 46.9 Å². The van der Waals surface area contributed by atoms with E-state index in [0.29, 0.717) is 23.0 Å². The molecule has 0 aliphatic heterocycles. The van der Waals surface area contributed by atoms with Crippen molar-refractivity contribution in [2.45, 2.75) is 40.2 Å². The fourth-order valence-electron chi connectivity index (χ4n) is 3.04. The Labute approximate surface area is 169 Å². The Balaban J connectivity index is 2.02. The summed E-state index contributed by atoms with van der Waals surface area (Å²) in [5.74, 6) is 0.824. The van der Waals surface area contributed by atoms with Gasteiger partial charge in [-0.2, -0.15) is 0 Å². The molecule has 0 fully saturated rings. The number of nitrogens with one attached hydrogen (secondary N) is 1. The fraction of sp³-hybridized carbons (Fsp3) is 0.333. The van der Waals surface area contributed by atoms with E-state index in [0.717, 1.165) is 28.8 Å². The molecule has 4 nitrogen and oxygen atoms in total. The Bertz CT molecular complexity index is 995. The molecule has 142 valence electrons. The van der Waals surface area contributed by atoms with Crippen LogP contribution < -0.4 is 5.32 Å². The standard InChI is InChI=1S/C21H23Cl2N3O/c1-4-7-24-21(27)12-26-19-9-14(3)13(2)8-18(19)25-20(26)11-15-5-6-16(22)17(23)10-15/h5-6,8-10H,4,7,11-12H2,1-3H3,(H,24,27). The molecule has 0 spiro atoms. The number of rotatable bonds is 6. The van der Waals surface area contributed by atoms with Gasteiger partial charge in [-0.15, -0.1) is 0 Å². The smallest absolute Gasteiger partial charge is 0.240 e. The number of aryl methyl sites for hydroxylation is 2.